The number of amides is 1. The Hall–Kier alpha value is -3.32. The van der Waals surface area contributed by atoms with Gasteiger partial charge in [0.25, 0.3) is 0 Å². The molecule has 2 heterocycles. The van der Waals surface area contributed by atoms with Crippen LogP contribution in [0.1, 0.15) is 22.5 Å². The highest BCUT2D eigenvalue weighted by Crippen LogP contribution is 2.26. The summed E-state index contributed by atoms with van der Waals surface area (Å²) in [6.45, 7) is 5.19. The Bertz CT molecular complexity index is 1200. The summed E-state index contributed by atoms with van der Waals surface area (Å²) in [6.07, 6.45) is 1.66. The van der Waals surface area contributed by atoms with Gasteiger partial charge in [-0.25, -0.2) is 0 Å². The summed E-state index contributed by atoms with van der Waals surface area (Å²) >= 11 is 1.40. The molecule has 7 heteroatoms. The van der Waals surface area contributed by atoms with E-state index < -0.39 is 0 Å². The third-order valence-corrected chi connectivity index (χ3v) is 6.26. The number of furan rings is 1. The van der Waals surface area contributed by atoms with Crippen LogP contribution in [0.2, 0.25) is 0 Å². The second-order valence-electron chi connectivity index (χ2n) is 7.81. The van der Waals surface area contributed by atoms with Crippen LogP contribution in [0.25, 0.3) is 11.4 Å². The number of aromatic nitrogens is 3. The first kappa shape index (κ1) is 21.9. The van der Waals surface area contributed by atoms with Gasteiger partial charge in [-0.05, 0) is 43.2 Å². The van der Waals surface area contributed by atoms with Crippen LogP contribution in [0.15, 0.2) is 76.5 Å². The first-order valence-electron chi connectivity index (χ1n) is 10.4. The van der Waals surface area contributed by atoms with E-state index in [4.69, 9.17) is 4.42 Å². The number of rotatable bonds is 8. The summed E-state index contributed by atoms with van der Waals surface area (Å²) in [6, 6.07) is 20.1. The summed E-state index contributed by atoms with van der Waals surface area (Å²) in [5, 5.41) is 9.52. The second kappa shape index (κ2) is 9.87. The normalized spacial score (nSPS) is 11.0. The van der Waals surface area contributed by atoms with E-state index in [0.29, 0.717) is 18.2 Å². The highest BCUT2D eigenvalue weighted by Gasteiger charge is 2.18. The van der Waals surface area contributed by atoms with E-state index in [1.54, 1.807) is 11.2 Å². The van der Waals surface area contributed by atoms with E-state index >= 15 is 0 Å². The predicted octanol–water partition coefficient (Wildman–Crippen LogP) is 4.95. The van der Waals surface area contributed by atoms with Crippen LogP contribution in [0.4, 0.5) is 0 Å². The number of benzene rings is 2. The number of thioether (sulfide) groups is 1. The third kappa shape index (κ3) is 5.11. The van der Waals surface area contributed by atoms with Crippen LogP contribution < -0.4 is 0 Å². The molecular formula is C25H26N4O2S. The molecule has 4 aromatic rings. The van der Waals surface area contributed by atoms with Crippen molar-refractivity contribution in [2.24, 2.45) is 0 Å². The molecule has 0 saturated heterocycles. The lowest BCUT2D eigenvalue weighted by atomic mass is 10.1. The monoisotopic (exact) mass is 446 g/mol. The number of carbonyl (C=O) groups excluding carboxylic acids is 1. The zero-order valence-corrected chi connectivity index (χ0v) is 19.3. The minimum Gasteiger partial charge on any atom is -0.467 e. The van der Waals surface area contributed by atoms with Gasteiger partial charge in [-0.2, -0.15) is 0 Å². The second-order valence-corrected chi connectivity index (χ2v) is 8.75. The zero-order chi connectivity index (χ0) is 22.5. The van der Waals surface area contributed by atoms with Crippen molar-refractivity contribution in [2.45, 2.75) is 32.1 Å². The fraction of sp³-hybridized carbons (Fsp3) is 0.240. The molecule has 0 unspecified atom stereocenters. The van der Waals surface area contributed by atoms with Crippen molar-refractivity contribution in [2.75, 3.05) is 12.8 Å². The molecule has 0 atom stereocenters. The first-order chi connectivity index (χ1) is 15.5. The Labute approximate surface area is 192 Å². The van der Waals surface area contributed by atoms with E-state index in [2.05, 4.69) is 48.3 Å². The summed E-state index contributed by atoms with van der Waals surface area (Å²) in [7, 11) is 1.83. The lowest BCUT2D eigenvalue weighted by Gasteiger charge is -2.18. The first-order valence-corrected chi connectivity index (χ1v) is 11.4. The molecule has 1 amide bonds. The maximum atomic E-state index is 12.8. The van der Waals surface area contributed by atoms with E-state index in [0.717, 1.165) is 28.3 Å². The van der Waals surface area contributed by atoms with Crippen LogP contribution in [0.3, 0.4) is 0 Å². The molecule has 2 aromatic carbocycles. The van der Waals surface area contributed by atoms with Gasteiger partial charge in [0.1, 0.15) is 5.76 Å². The number of hydrogen-bond acceptors (Lipinski definition) is 5. The highest BCUT2D eigenvalue weighted by molar-refractivity contribution is 7.99. The molecule has 0 spiro atoms. The van der Waals surface area contributed by atoms with Gasteiger partial charge in [0.05, 0.1) is 18.6 Å². The predicted molar refractivity (Wildman–Crippen MR) is 126 cm³/mol. The van der Waals surface area contributed by atoms with Gasteiger partial charge in [-0.15, -0.1) is 10.2 Å². The summed E-state index contributed by atoms with van der Waals surface area (Å²) in [5.41, 5.74) is 4.47. The van der Waals surface area contributed by atoms with Crippen LogP contribution >= 0.6 is 11.8 Å². The van der Waals surface area contributed by atoms with E-state index in [9.17, 15) is 4.79 Å². The molecule has 0 bridgehead atoms. The van der Waals surface area contributed by atoms with Gasteiger partial charge < -0.3 is 9.32 Å². The Kier molecular flexibility index (Phi) is 6.75. The topological polar surface area (TPSA) is 64.2 Å². The average molecular weight is 447 g/mol. The third-order valence-electron chi connectivity index (χ3n) is 5.31. The maximum absolute atomic E-state index is 12.8. The van der Waals surface area contributed by atoms with Crippen molar-refractivity contribution >= 4 is 17.7 Å². The molecule has 164 valence electrons. The standard InChI is InChI=1S/C25H26N4O2S/c1-18-8-6-11-20(14-18)24-26-27-25(29(24)16-22-12-7-13-31-22)32-17-23(30)28(3)15-21-10-5-4-9-19(21)2/h4-14H,15-17H2,1-3H3. The lowest BCUT2D eigenvalue weighted by molar-refractivity contribution is -0.127. The molecule has 0 aliphatic heterocycles. The van der Waals surface area contributed by atoms with Gasteiger partial charge in [0.15, 0.2) is 11.0 Å². The molecule has 0 aliphatic rings. The van der Waals surface area contributed by atoms with E-state index in [1.165, 1.54) is 17.3 Å². The lowest BCUT2D eigenvalue weighted by Crippen LogP contribution is -2.28. The fourth-order valence-electron chi connectivity index (χ4n) is 3.46. The molecule has 0 N–H and O–H groups in total. The van der Waals surface area contributed by atoms with E-state index in [-0.39, 0.29) is 11.7 Å². The molecule has 6 nitrogen and oxygen atoms in total. The molecule has 0 radical (unpaired) electrons. The smallest absolute Gasteiger partial charge is 0.233 e. The summed E-state index contributed by atoms with van der Waals surface area (Å²) < 4.78 is 7.56. The van der Waals surface area contributed by atoms with Crippen molar-refractivity contribution in [1.29, 1.82) is 0 Å². The van der Waals surface area contributed by atoms with Crippen molar-refractivity contribution in [3.05, 3.63) is 89.4 Å². The van der Waals surface area contributed by atoms with Crippen LogP contribution in [-0.4, -0.2) is 38.4 Å². The van der Waals surface area contributed by atoms with E-state index in [1.807, 2.05) is 48.0 Å². The fourth-order valence-corrected chi connectivity index (χ4v) is 4.34. The minimum atomic E-state index is 0.0444. The number of nitrogens with zero attached hydrogens (tertiary/aromatic N) is 4. The van der Waals surface area contributed by atoms with Gasteiger partial charge in [-0.3, -0.25) is 9.36 Å². The SMILES string of the molecule is Cc1cccc(-c2nnc(SCC(=O)N(C)Cc3ccccc3C)n2Cc2ccco2)c1. The Morgan fingerprint density at radius 3 is 2.66 bits per heavy atom. The molecule has 2 aromatic heterocycles. The zero-order valence-electron chi connectivity index (χ0n) is 18.5. The number of carbonyl (C=O) groups is 1. The van der Waals surface area contributed by atoms with Gasteiger partial charge >= 0.3 is 0 Å². The van der Waals surface area contributed by atoms with Gasteiger partial charge in [0.2, 0.25) is 5.91 Å². The van der Waals surface area contributed by atoms with Crippen LogP contribution in [0, 0.1) is 13.8 Å². The van der Waals surface area contributed by atoms with Crippen LogP contribution in [0.5, 0.6) is 0 Å². The molecule has 4 rings (SSSR count). The van der Waals surface area contributed by atoms with Crippen molar-refractivity contribution < 1.29 is 9.21 Å². The molecule has 0 aliphatic carbocycles. The summed E-state index contributed by atoms with van der Waals surface area (Å²) in [5.74, 6) is 1.90. The van der Waals surface area contributed by atoms with Gasteiger partial charge in [-0.1, -0.05) is 59.8 Å². The molecule has 0 saturated carbocycles. The summed E-state index contributed by atoms with van der Waals surface area (Å²) in [4.78, 5) is 14.6. The Morgan fingerprint density at radius 1 is 1.06 bits per heavy atom. The Balaban J connectivity index is 1.51. The Morgan fingerprint density at radius 2 is 1.91 bits per heavy atom. The van der Waals surface area contributed by atoms with Crippen molar-refractivity contribution in [3.63, 3.8) is 0 Å². The molecule has 0 fully saturated rings. The average Bonchev–Trinajstić information content (AvgIpc) is 3.44. The molecular weight excluding hydrogens is 420 g/mol. The van der Waals surface area contributed by atoms with Crippen molar-refractivity contribution in [3.8, 4) is 11.4 Å². The maximum Gasteiger partial charge on any atom is 0.233 e. The van der Waals surface area contributed by atoms with Crippen molar-refractivity contribution in [1.82, 2.24) is 19.7 Å². The number of aryl methyl sites for hydroxylation is 2. The van der Waals surface area contributed by atoms with Gasteiger partial charge in [0, 0.05) is 19.2 Å². The van der Waals surface area contributed by atoms with Crippen LogP contribution in [-0.2, 0) is 17.9 Å². The molecule has 32 heavy (non-hydrogen) atoms. The minimum absolute atomic E-state index is 0.0444. The largest absolute Gasteiger partial charge is 0.467 e. The number of hydrogen-bond donors (Lipinski definition) is 0. The highest BCUT2D eigenvalue weighted by atomic mass is 32.2. The quantitative estimate of drug-likeness (QED) is 0.358.